The molecular weight excluding hydrogens is 272 g/mol. The maximum Gasteiger partial charge on any atom is 0.0483 e. The van der Waals surface area contributed by atoms with Crippen LogP contribution in [0.5, 0.6) is 0 Å². The maximum atomic E-state index is 2.47. The summed E-state index contributed by atoms with van der Waals surface area (Å²) in [4.78, 5) is 0. The van der Waals surface area contributed by atoms with Gasteiger partial charge in [0.25, 0.3) is 0 Å². The first-order valence-electron chi connectivity index (χ1n) is 8.12. The largest absolute Gasteiger partial charge is 0.0770 e. The van der Waals surface area contributed by atoms with Gasteiger partial charge in [-0.1, -0.05) is 61.6 Å². The Labute approximate surface area is 130 Å². The Kier molecular flexibility index (Phi) is 7.76. The summed E-state index contributed by atoms with van der Waals surface area (Å²) >= 11 is 0. The van der Waals surface area contributed by atoms with Crippen molar-refractivity contribution in [1.29, 1.82) is 0 Å². The highest BCUT2D eigenvalue weighted by Gasteiger charge is 2.16. The predicted molar refractivity (Wildman–Crippen MR) is 102 cm³/mol. The molecule has 0 spiro atoms. The van der Waals surface area contributed by atoms with Crippen LogP contribution in [0.15, 0.2) is 22.3 Å². The fourth-order valence-electron chi connectivity index (χ4n) is 2.69. The summed E-state index contributed by atoms with van der Waals surface area (Å²) in [7, 11) is -1.91. The molecule has 0 fully saturated rings. The standard InChI is InChI=1S/C18H38Si2/c1-15(17(3)13-19(5,6)7)11-12-16(2)18(4)14-20(8,9)10/h11-14H2,1-10H3/b17-15+,18-16+. The molecule has 0 aromatic heterocycles. The molecule has 0 saturated heterocycles. The molecule has 0 bridgehead atoms. The molecule has 0 atom stereocenters. The minimum absolute atomic E-state index is 0.957. The zero-order chi connectivity index (χ0) is 16.1. The van der Waals surface area contributed by atoms with Crippen molar-refractivity contribution in [3.63, 3.8) is 0 Å². The number of rotatable bonds is 7. The molecule has 0 rings (SSSR count). The smallest absolute Gasteiger partial charge is 0.0483 e. The molecule has 20 heavy (non-hydrogen) atoms. The van der Waals surface area contributed by atoms with Crippen LogP contribution in [0.1, 0.15) is 40.5 Å². The van der Waals surface area contributed by atoms with Gasteiger partial charge in [-0.3, -0.25) is 0 Å². The van der Waals surface area contributed by atoms with Crippen LogP contribution in [0, 0.1) is 0 Å². The van der Waals surface area contributed by atoms with E-state index in [0.29, 0.717) is 0 Å². The zero-order valence-electron chi connectivity index (χ0n) is 15.8. The Morgan fingerprint density at radius 1 is 0.500 bits per heavy atom. The molecule has 0 aliphatic heterocycles. The SMILES string of the molecule is C/C(CC/C(C)=C(\C)C[Si](C)(C)C)=C(/C)C[Si](C)(C)C. The molecule has 0 aromatic rings. The van der Waals surface area contributed by atoms with Gasteiger partial charge in [-0.25, -0.2) is 0 Å². The van der Waals surface area contributed by atoms with Crippen LogP contribution in [0.2, 0.25) is 51.4 Å². The van der Waals surface area contributed by atoms with Crippen molar-refractivity contribution in [2.45, 2.75) is 91.9 Å². The van der Waals surface area contributed by atoms with Gasteiger partial charge in [0, 0.05) is 16.1 Å². The van der Waals surface area contributed by atoms with Crippen molar-refractivity contribution < 1.29 is 0 Å². The Hall–Kier alpha value is -0.0862. The fraction of sp³-hybridized carbons (Fsp3) is 0.778. The van der Waals surface area contributed by atoms with E-state index in [4.69, 9.17) is 0 Å². The first-order chi connectivity index (χ1) is 8.82. The summed E-state index contributed by atoms with van der Waals surface area (Å²) in [5.41, 5.74) is 6.57. The van der Waals surface area contributed by atoms with Gasteiger partial charge in [0.15, 0.2) is 0 Å². The molecule has 0 amide bonds. The van der Waals surface area contributed by atoms with Gasteiger partial charge in [-0.2, -0.15) is 0 Å². The number of allylic oxidation sites excluding steroid dienone is 4. The van der Waals surface area contributed by atoms with E-state index in [0.717, 1.165) is 0 Å². The Balaban J connectivity index is 4.61. The third kappa shape index (κ3) is 9.76. The molecule has 2 heteroatoms. The van der Waals surface area contributed by atoms with Crippen molar-refractivity contribution in [1.82, 2.24) is 0 Å². The minimum Gasteiger partial charge on any atom is -0.0770 e. The molecule has 0 aliphatic rings. The molecule has 0 heterocycles. The van der Waals surface area contributed by atoms with Crippen LogP contribution in [-0.2, 0) is 0 Å². The Morgan fingerprint density at radius 2 is 0.750 bits per heavy atom. The lowest BCUT2D eigenvalue weighted by molar-refractivity contribution is 0.890. The summed E-state index contributed by atoms with van der Waals surface area (Å²) < 4.78 is 0. The molecule has 0 N–H and O–H groups in total. The summed E-state index contributed by atoms with van der Waals surface area (Å²) in [6.07, 6.45) is 2.51. The number of hydrogen-bond acceptors (Lipinski definition) is 0. The quantitative estimate of drug-likeness (QED) is 0.347. The molecular formula is C18H38Si2. The highest BCUT2D eigenvalue weighted by atomic mass is 28.3. The van der Waals surface area contributed by atoms with E-state index >= 15 is 0 Å². The van der Waals surface area contributed by atoms with E-state index in [1.165, 1.54) is 24.9 Å². The van der Waals surface area contributed by atoms with Crippen molar-refractivity contribution >= 4 is 16.1 Å². The lowest BCUT2D eigenvalue weighted by Crippen LogP contribution is -2.20. The minimum atomic E-state index is -0.957. The van der Waals surface area contributed by atoms with Gasteiger partial charge in [0.1, 0.15) is 0 Å². The summed E-state index contributed by atoms with van der Waals surface area (Å²) in [5.74, 6) is 0. The maximum absolute atomic E-state index is 2.47. The van der Waals surface area contributed by atoms with Gasteiger partial charge in [-0.05, 0) is 52.6 Å². The average Bonchev–Trinajstić information content (AvgIpc) is 2.20. The molecule has 0 saturated carbocycles. The van der Waals surface area contributed by atoms with Crippen LogP contribution in [0.3, 0.4) is 0 Å². The lowest BCUT2D eigenvalue weighted by atomic mass is 10.0. The van der Waals surface area contributed by atoms with Crippen LogP contribution in [0.25, 0.3) is 0 Å². The van der Waals surface area contributed by atoms with Crippen LogP contribution in [0.4, 0.5) is 0 Å². The topological polar surface area (TPSA) is 0 Å². The third-order valence-corrected chi connectivity index (χ3v) is 7.11. The summed E-state index contributed by atoms with van der Waals surface area (Å²) in [5, 5.41) is 0. The number of hydrogen-bond donors (Lipinski definition) is 0. The van der Waals surface area contributed by atoms with Crippen LogP contribution < -0.4 is 0 Å². The zero-order valence-corrected chi connectivity index (χ0v) is 17.8. The predicted octanol–water partition coefficient (Wildman–Crippen LogP) is 7.12. The van der Waals surface area contributed by atoms with Gasteiger partial charge < -0.3 is 0 Å². The van der Waals surface area contributed by atoms with Crippen molar-refractivity contribution in [2.24, 2.45) is 0 Å². The van der Waals surface area contributed by atoms with Crippen molar-refractivity contribution in [2.75, 3.05) is 0 Å². The second-order valence-electron chi connectivity index (χ2n) is 9.10. The van der Waals surface area contributed by atoms with E-state index < -0.39 is 16.1 Å². The first kappa shape index (κ1) is 19.9. The molecule has 0 unspecified atom stereocenters. The van der Waals surface area contributed by atoms with Gasteiger partial charge in [-0.15, -0.1) is 0 Å². The first-order valence-corrected chi connectivity index (χ1v) is 15.5. The Bertz CT molecular complexity index is 335. The summed E-state index contributed by atoms with van der Waals surface area (Å²) in [6.45, 7) is 24.2. The summed E-state index contributed by atoms with van der Waals surface area (Å²) in [6, 6.07) is 2.71. The van der Waals surface area contributed by atoms with Crippen molar-refractivity contribution in [3.8, 4) is 0 Å². The van der Waals surface area contributed by atoms with Crippen LogP contribution >= 0.6 is 0 Å². The fourth-order valence-corrected chi connectivity index (χ4v) is 6.48. The molecule has 0 nitrogen and oxygen atoms in total. The third-order valence-electron chi connectivity index (χ3n) is 3.92. The van der Waals surface area contributed by atoms with E-state index in [2.05, 4.69) is 67.0 Å². The van der Waals surface area contributed by atoms with Crippen molar-refractivity contribution in [3.05, 3.63) is 22.3 Å². The lowest BCUT2D eigenvalue weighted by Gasteiger charge is -2.20. The van der Waals surface area contributed by atoms with E-state index in [1.54, 1.807) is 22.3 Å². The second-order valence-corrected chi connectivity index (χ2v) is 20.0. The van der Waals surface area contributed by atoms with E-state index in [1.807, 2.05) is 0 Å². The van der Waals surface area contributed by atoms with Crippen LogP contribution in [-0.4, -0.2) is 16.1 Å². The molecule has 0 radical (unpaired) electrons. The Morgan fingerprint density at radius 3 is 0.950 bits per heavy atom. The highest BCUT2D eigenvalue weighted by Crippen LogP contribution is 2.25. The normalized spacial score (nSPS) is 15.9. The molecule has 0 aromatic carbocycles. The molecule has 118 valence electrons. The van der Waals surface area contributed by atoms with Gasteiger partial charge >= 0.3 is 0 Å². The van der Waals surface area contributed by atoms with E-state index in [-0.39, 0.29) is 0 Å². The van der Waals surface area contributed by atoms with Gasteiger partial charge in [0.05, 0.1) is 0 Å². The van der Waals surface area contributed by atoms with E-state index in [9.17, 15) is 0 Å². The monoisotopic (exact) mass is 310 g/mol. The second kappa shape index (κ2) is 7.79. The highest BCUT2D eigenvalue weighted by molar-refractivity contribution is 6.77. The van der Waals surface area contributed by atoms with Gasteiger partial charge in [0.2, 0.25) is 0 Å². The average molecular weight is 311 g/mol. The molecule has 0 aliphatic carbocycles.